The van der Waals surface area contributed by atoms with Crippen LogP contribution in [0.1, 0.15) is 15.9 Å². The minimum atomic E-state index is -0.160. The number of hydrogen-bond acceptors (Lipinski definition) is 5. The van der Waals surface area contributed by atoms with Gasteiger partial charge in [-0.3, -0.25) is 4.79 Å². The molecule has 1 aromatic heterocycles. The number of carbonyl (C=O) groups is 1. The Morgan fingerprint density at radius 3 is 2.03 bits per heavy atom. The van der Waals surface area contributed by atoms with Gasteiger partial charge in [-0.2, -0.15) is 0 Å². The zero-order valence-electron chi connectivity index (χ0n) is 19.4. The molecule has 0 radical (unpaired) electrons. The predicted octanol–water partition coefficient (Wildman–Crippen LogP) is 4.99. The van der Waals surface area contributed by atoms with Gasteiger partial charge in [0.1, 0.15) is 11.5 Å². The average Bonchev–Trinajstić information content (AvgIpc) is 3.35. The summed E-state index contributed by atoms with van der Waals surface area (Å²) in [7, 11) is 0. The fourth-order valence-electron chi connectivity index (χ4n) is 3.93. The third kappa shape index (κ3) is 4.81. The Morgan fingerprint density at radius 1 is 0.750 bits per heavy atom. The van der Waals surface area contributed by atoms with Crippen molar-refractivity contribution in [2.75, 3.05) is 6.54 Å². The number of aromatic nitrogens is 3. The first-order valence-corrected chi connectivity index (χ1v) is 11.6. The number of aromatic hydroxyl groups is 2. The molecule has 1 amide bonds. The molecule has 5 rings (SSSR count). The molecule has 0 unspecified atom stereocenters. The SMILES string of the molecule is O=C(NCCc1ccccc1)c1ccc(-n2nc(-c3ccccc3O)nc2-c2ccccc2O)cc1. The zero-order chi connectivity index (χ0) is 24.9. The molecule has 0 atom stereocenters. The van der Waals surface area contributed by atoms with E-state index in [1.54, 1.807) is 77.5 Å². The lowest BCUT2D eigenvalue weighted by atomic mass is 10.1. The molecular weight excluding hydrogens is 452 g/mol. The topological polar surface area (TPSA) is 100 Å². The summed E-state index contributed by atoms with van der Waals surface area (Å²) in [4.78, 5) is 17.3. The summed E-state index contributed by atoms with van der Waals surface area (Å²) in [5, 5.41) is 28.4. The lowest BCUT2D eigenvalue weighted by molar-refractivity contribution is 0.0954. The normalized spacial score (nSPS) is 10.8. The molecule has 4 aromatic carbocycles. The molecule has 178 valence electrons. The van der Waals surface area contributed by atoms with E-state index in [-0.39, 0.29) is 17.4 Å². The summed E-state index contributed by atoms with van der Waals surface area (Å²) in [5.74, 6) is 0.679. The molecule has 0 saturated carbocycles. The average molecular weight is 477 g/mol. The Balaban J connectivity index is 1.42. The van der Waals surface area contributed by atoms with Crippen LogP contribution in [0.3, 0.4) is 0 Å². The Kier molecular flexibility index (Phi) is 6.44. The number of nitrogens with zero attached hydrogens (tertiary/aromatic N) is 3. The zero-order valence-corrected chi connectivity index (χ0v) is 19.4. The van der Waals surface area contributed by atoms with Crippen LogP contribution in [0.5, 0.6) is 11.5 Å². The fraction of sp³-hybridized carbons (Fsp3) is 0.0690. The van der Waals surface area contributed by atoms with Crippen molar-refractivity contribution in [1.82, 2.24) is 20.1 Å². The highest BCUT2D eigenvalue weighted by atomic mass is 16.3. The minimum absolute atomic E-state index is 0.0565. The van der Waals surface area contributed by atoms with E-state index in [0.717, 1.165) is 12.0 Å². The van der Waals surface area contributed by atoms with Gasteiger partial charge in [0.25, 0.3) is 5.91 Å². The maximum Gasteiger partial charge on any atom is 0.251 e. The van der Waals surface area contributed by atoms with Crippen LogP contribution in [0.2, 0.25) is 0 Å². The van der Waals surface area contributed by atoms with Gasteiger partial charge in [0, 0.05) is 12.1 Å². The number of benzene rings is 4. The summed E-state index contributed by atoms with van der Waals surface area (Å²) < 4.78 is 1.59. The van der Waals surface area contributed by atoms with Crippen LogP contribution < -0.4 is 5.32 Å². The van der Waals surface area contributed by atoms with Gasteiger partial charge in [0.05, 0.1) is 16.8 Å². The van der Waals surface area contributed by atoms with Gasteiger partial charge in [-0.1, -0.05) is 54.6 Å². The van der Waals surface area contributed by atoms with Gasteiger partial charge >= 0.3 is 0 Å². The molecule has 0 spiro atoms. The molecule has 0 saturated heterocycles. The standard InChI is InChI=1S/C29H24N4O3/c34-25-12-6-4-10-23(25)27-31-28(24-11-5-7-13-26(24)35)33(32-27)22-16-14-21(15-17-22)29(36)30-19-18-20-8-2-1-3-9-20/h1-17,34-35H,18-19H2,(H,30,36). The number of carbonyl (C=O) groups excluding carboxylic acids is 1. The number of nitrogens with one attached hydrogen (secondary N) is 1. The van der Waals surface area contributed by atoms with E-state index in [4.69, 9.17) is 0 Å². The number of phenolic OH excluding ortho intramolecular Hbond substituents is 2. The molecule has 7 heteroatoms. The van der Waals surface area contributed by atoms with Crippen LogP contribution in [0, 0.1) is 0 Å². The van der Waals surface area contributed by atoms with Crippen molar-refractivity contribution in [3.8, 4) is 40.0 Å². The number of phenols is 2. The molecule has 0 aliphatic heterocycles. The quantitative estimate of drug-likeness (QED) is 0.307. The molecule has 0 aliphatic carbocycles. The first-order chi connectivity index (χ1) is 17.6. The Bertz CT molecular complexity index is 1500. The number of rotatable bonds is 7. The van der Waals surface area contributed by atoms with Crippen LogP contribution in [-0.2, 0) is 6.42 Å². The second-order valence-electron chi connectivity index (χ2n) is 8.24. The molecule has 0 bridgehead atoms. The summed E-state index contributed by atoms with van der Waals surface area (Å²) in [6, 6.07) is 30.7. The van der Waals surface area contributed by atoms with Crippen LogP contribution in [0.15, 0.2) is 103 Å². The van der Waals surface area contributed by atoms with Gasteiger partial charge < -0.3 is 15.5 Å². The van der Waals surface area contributed by atoms with Crippen molar-refractivity contribution in [3.05, 3.63) is 114 Å². The van der Waals surface area contributed by atoms with Crippen molar-refractivity contribution in [2.45, 2.75) is 6.42 Å². The molecule has 5 aromatic rings. The largest absolute Gasteiger partial charge is 0.507 e. The van der Waals surface area contributed by atoms with E-state index >= 15 is 0 Å². The minimum Gasteiger partial charge on any atom is -0.507 e. The van der Waals surface area contributed by atoms with Gasteiger partial charge in [-0.05, 0) is 60.5 Å². The monoisotopic (exact) mass is 476 g/mol. The van der Waals surface area contributed by atoms with Crippen LogP contribution in [0.4, 0.5) is 0 Å². The van der Waals surface area contributed by atoms with E-state index in [0.29, 0.717) is 40.6 Å². The maximum atomic E-state index is 12.6. The molecule has 0 aliphatic rings. The third-order valence-corrected chi connectivity index (χ3v) is 5.81. The van der Waals surface area contributed by atoms with Crippen LogP contribution in [-0.4, -0.2) is 37.4 Å². The lowest BCUT2D eigenvalue weighted by Gasteiger charge is -2.09. The first kappa shape index (κ1) is 22.9. The Hall–Kier alpha value is -4.91. The number of amides is 1. The van der Waals surface area contributed by atoms with Crippen LogP contribution in [0.25, 0.3) is 28.5 Å². The van der Waals surface area contributed by atoms with Crippen molar-refractivity contribution in [1.29, 1.82) is 0 Å². The predicted molar refractivity (Wildman–Crippen MR) is 138 cm³/mol. The molecular formula is C29H24N4O3. The smallest absolute Gasteiger partial charge is 0.251 e. The van der Waals surface area contributed by atoms with Gasteiger partial charge in [0.15, 0.2) is 11.6 Å². The van der Waals surface area contributed by atoms with E-state index in [9.17, 15) is 15.0 Å². The Labute approximate surface area is 208 Å². The second-order valence-corrected chi connectivity index (χ2v) is 8.24. The Morgan fingerprint density at radius 2 is 1.36 bits per heavy atom. The number of hydrogen-bond donors (Lipinski definition) is 3. The second kappa shape index (κ2) is 10.1. The van der Waals surface area contributed by atoms with Crippen molar-refractivity contribution in [2.24, 2.45) is 0 Å². The summed E-state index contributed by atoms with van der Waals surface area (Å²) in [6.07, 6.45) is 0.753. The summed E-state index contributed by atoms with van der Waals surface area (Å²) in [5.41, 5.74) is 3.31. The fourth-order valence-corrected chi connectivity index (χ4v) is 3.93. The van der Waals surface area contributed by atoms with E-state index in [1.807, 2.05) is 30.3 Å². The van der Waals surface area contributed by atoms with Crippen LogP contribution >= 0.6 is 0 Å². The molecule has 3 N–H and O–H groups in total. The van der Waals surface area contributed by atoms with E-state index in [1.165, 1.54) is 0 Å². The lowest BCUT2D eigenvalue weighted by Crippen LogP contribution is -2.25. The highest BCUT2D eigenvalue weighted by Gasteiger charge is 2.19. The van der Waals surface area contributed by atoms with Gasteiger partial charge in [0.2, 0.25) is 0 Å². The molecule has 36 heavy (non-hydrogen) atoms. The van der Waals surface area contributed by atoms with Gasteiger partial charge in [-0.25, -0.2) is 9.67 Å². The highest BCUT2D eigenvalue weighted by Crippen LogP contribution is 2.33. The molecule has 0 fully saturated rings. The van der Waals surface area contributed by atoms with Crippen molar-refractivity contribution < 1.29 is 15.0 Å². The van der Waals surface area contributed by atoms with Crippen molar-refractivity contribution >= 4 is 5.91 Å². The highest BCUT2D eigenvalue weighted by molar-refractivity contribution is 5.94. The summed E-state index contributed by atoms with van der Waals surface area (Å²) >= 11 is 0. The van der Waals surface area contributed by atoms with E-state index < -0.39 is 0 Å². The van der Waals surface area contributed by atoms with E-state index in [2.05, 4.69) is 15.4 Å². The first-order valence-electron chi connectivity index (χ1n) is 11.6. The maximum absolute atomic E-state index is 12.6. The number of para-hydroxylation sites is 2. The third-order valence-electron chi connectivity index (χ3n) is 5.81. The van der Waals surface area contributed by atoms with Crippen molar-refractivity contribution in [3.63, 3.8) is 0 Å². The van der Waals surface area contributed by atoms with Gasteiger partial charge in [-0.15, -0.1) is 5.10 Å². The molecule has 7 nitrogen and oxygen atoms in total. The molecule has 1 heterocycles. The summed E-state index contributed by atoms with van der Waals surface area (Å²) in [6.45, 7) is 0.537.